The number of carbonyl (C=O) groups excluding carboxylic acids is 1. The number of ether oxygens (including phenoxy) is 1. The zero-order valence-corrected chi connectivity index (χ0v) is 18.3. The Bertz CT molecular complexity index is 765. The SMILES string of the molecule is O=C(NCC[C@H]1CC[C@@H](NS(=O)(=O)Cc2ccccc2)[C@H](CO)O1)C1CCCCC1. The van der Waals surface area contributed by atoms with Crippen LogP contribution in [0, 0.1) is 5.92 Å². The quantitative estimate of drug-likeness (QED) is 0.548. The van der Waals surface area contributed by atoms with Crippen LogP contribution in [0.25, 0.3) is 0 Å². The van der Waals surface area contributed by atoms with Gasteiger partial charge in [0.1, 0.15) is 0 Å². The molecule has 0 aromatic heterocycles. The lowest BCUT2D eigenvalue weighted by atomic mass is 9.88. The van der Waals surface area contributed by atoms with E-state index < -0.39 is 22.2 Å². The largest absolute Gasteiger partial charge is 0.394 e. The predicted octanol–water partition coefficient (Wildman–Crippen LogP) is 2.10. The molecule has 2 fully saturated rings. The molecule has 0 radical (unpaired) electrons. The van der Waals surface area contributed by atoms with E-state index in [4.69, 9.17) is 4.74 Å². The average Bonchev–Trinajstić information content (AvgIpc) is 2.75. The number of aliphatic hydroxyl groups is 1. The number of benzene rings is 1. The molecule has 1 aliphatic heterocycles. The summed E-state index contributed by atoms with van der Waals surface area (Å²) in [6.45, 7) is 0.298. The average molecular weight is 439 g/mol. The Labute approximate surface area is 179 Å². The van der Waals surface area contributed by atoms with Gasteiger partial charge in [0.2, 0.25) is 15.9 Å². The van der Waals surface area contributed by atoms with E-state index in [-0.39, 0.29) is 30.3 Å². The van der Waals surface area contributed by atoms with Gasteiger partial charge in [-0.05, 0) is 37.7 Å². The lowest BCUT2D eigenvalue weighted by Gasteiger charge is -2.36. The Morgan fingerprint density at radius 2 is 1.80 bits per heavy atom. The maximum atomic E-state index is 12.5. The van der Waals surface area contributed by atoms with Gasteiger partial charge in [-0.1, -0.05) is 49.6 Å². The molecular weight excluding hydrogens is 404 g/mol. The summed E-state index contributed by atoms with van der Waals surface area (Å²) < 4.78 is 33.7. The molecule has 168 valence electrons. The summed E-state index contributed by atoms with van der Waals surface area (Å²) in [4.78, 5) is 12.3. The Kier molecular flexibility index (Phi) is 8.68. The van der Waals surface area contributed by atoms with Crippen LogP contribution >= 0.6 is 0 Å². The lowest BCUT2D eigenvalue weighted by molar-refractivity contribution is -0.126. The van der Waals surface area contributed by atoms with Crippen LogP contribution in [0.4, 0.5) is 0 Å². The molecule has 1 saturated heterocycles. The summed E-state index contributed by atoms with van der Waals surface area (Å²) in [5, 5.41) is 12.7. The molecule has 2 aliphatic rings. The lowest BCUT2D eigenvalue weighted by Crippen LogP contribution is -2.51. The number of nitrogens with one attached hydrogen (secondary N) is 2. The van der Waals surface area contributed by atoms with Gasteiger partial charge in [-0.3, -0.25) is 4.79 Å². The molecule has 1 aromatic carbocycles. The third kappa shape index (κ3) is 7.04. The molecule has 0 spiro atoms. The molecule has 1 saturated carbocycles. The maximum absolute atomic E-state index is 12.5. The van der Waals surface area contributed by atoms with Crippen molar-refractivity contribution in [2.24, 2.45) is 5.92 Å². The van der Waals surface area contributed by atoms with Crippen molar-refractivity contribution in [1.29, 1.82) is 0 Å². The molecule has 0 bridgehead atoms. The van der Waals surface area contributed by atoms with E-state index >= 15 is 0 Å². The first-order valence-corrected chi connectivity index (χ1v) is 12.7. The second-order valence-electron chi connectivity index (χ2n) is 8.44. The van der Waals surface area contributed by atoms with Gasteiger partial charge in [-0.15, -0.1) is 0 Å². The van der Waals surface area contributed by atoms with Crippen molar-refractivity contribution in [1.82, 2.24) is 10.0 Å². The first kappa shape index (κ1) is 23.2. The third-order valence-corrected chi connectivity index (χ3v) is 7.44. The molecule has 3 N–H and O–H groups in total. The van der Waals surface area contributed by atoms with Crippen LogP contribution in [0.2, 0.25) is 0 Å². The molecule has 1 amide bonds. The number of carbonyl (C=O) groups is 1. The van der Waals surface area contributed by atoms with Gasteiger partial charge in [-0.2, -0.15) is 0 Å². The monoisotopic (exact) mass is 438 g/mol. The summed E-state index contributed by atoms with van der Waals surface area (Å²) in [7, 11) is -3.53. The summed E-state index contributed by atoms with van der Waals surface area (Å²) >= 11 is 0. The van der Waals surface area contributed by atoms with E-state index in [0.29, 0.717) is 31.4 Å². The Morgan fingerprint density at radius 1 is 1.07 bits per heavy atom. The van der Waals surface area contributed by atoms with Gasteiger partial charge in [0.15, 0.2) is 0 Å². The van der Waals surface area contributed by atoms with E-state index in [1.807, 2.05) is 18.2 Å². The molecule has 30 heavy (non-hydrogen) atoms. The molecule has 3 rings (SSSR count). The highest BCUT2D eigenvalue weighted by Gasteiger charge is 2.33. The number of hydrogen-bond acceptors (Lipinski definition) is 5. The van der Waals surface area contributed by atoms with E-state index in [2.05, 4.69) is 10.0 Å². The van der Waals surface area contributed by atoms with Gasteiger partial charge in [-0.25, -0.2) is 13.1 Å². The second kappa shape index (κ2) is 11.2. The molecule has 1 aliphatic carbocycles. The van der Waals surface area contributed by atoms with Crippen molar-refractivity contribution in [3.8, 4) is 0 Å². The van der Waals surface area contributed by atoms with Crippen molar-refractivity contribution >= 4 is 15.9 Å². The highest BCUT2D eigenvalue weighted by atomic mass is 32.2. The van der Waals surface area contributed by atoms with Crippen molar-refractivity contribution in [2.45, 2.75) is 75.4 Å². The van der Waals surface area contributed by atoms with E-state index in [9.17, 15) is 18.3 Å². The number of sulfonamides is 1. The van der Waals surface area contributed by atoms with E-state index in [0.717, 1.165) is 25.7 Å². The molecule has 1 aromatic rings. The highest BCUT2D eigenvalue weighted by molar-refractivity contribution is 7.88. The van der Waals surface area contributed by atoms with Crippen molar-refractivity contribution in [3.05, 3.63) is 35.9 Å². The van der Waals surface area contributed by atoms with Crippen molar-refractivity contribution in [3.63, 3.8) is 0 Å². The Hall–Kier alpha value is -1.48. The van der Waals surface area contributed by atoms with Crippen LogP contribution < -0.4 is 10.0 Å². The van der Waals surface area contributed by atoms with Crippen LogP contribution in [0.1, 0.15) is 56.9 Å². The van der Waals surface area contributed by atoms with E-state index in [1.165, 1.54) is 6.42 Å². The highest BCUT2D eigenvalue weighted by Crippen LogP contribution is 2.25. The van der Waals surface area contributed by atoms with Crippen LogP contribution in [-0.4, -0.2) is 50.8 Å². The number of aliphatic hydroxyl groups excluding tert-OH is 1. The number of rotatable bonds is 9. The minimum atomic E-state index is -3.53. The summed E-state index contributed by atoms with van der Waals surface area (Å²) in [6, 6.07) is 8.57. The molecule has 0 unspecified atom stereocenters. The molecule has 7 nitrogen and oxygen atoms in total. The standard InChI is InChI=1S/C22H34N2O5S/c25-15-21-20(24-30(27,28)16-17-7-3-1-4-8-17)12-11-19(29-21)13-14-23-22(26)18-9-5-2-6-10-18/h1,3-4,7-8,18-21,24-25H,2,5-6,9-16H2,(H,23,26)/t19-,20-,21+/m1/s1. The van der Waals surface area contributed by atoms with Crippen LogP contribution in [0.3, 0.4) is 0 Å². The predicted molar refractivity (Wildman–Crippen MR) is 115 cm³/mol. The van der Waals surface area contributed by atoms with Crippen LogP contribution in [0.15, 0.2) is 30.3 Å². The van der Waals surface area contributed by atoms with Gasteiger partial charge in [0.05, 0.1) is 30.6 Å². The minimum absolute atomic E-state index is 0.0938. The number of hydrogen-bond donors (Lipinski definition) is 3. The molecular formula is C22H34N2O5S. The van der Waals surface area contributed by atoms with Gasteiger partial charge < -0.3 is 15.2 Å². The fourth-order valence-corrected chi connectivity index (χ4v) is 5.86. The first-order valence-electron chi connectivity index (χ1n) is 11.0. The Morgan fingerprint density at radius 3 is 2.50 bits per heavy atom. The van der Waals surface area contributed by atoms with Crippen molar-refractivity contribution < 1.29 is 23.1 Å². The smallest absolute Gasteiger partial charge is 0.223 e. The van der Waals surface area contributed by atoms with Gasteiger partial charge in [0.25, 0.3) is 0 Å². The first-order chi connectivity index (χ1) is 14.5. The zero-order chi connectivity index (χ0) is 21.4. The number of amides is 1. The second-order valence-corrected chi connectivity index (χ2v) is 10.2. The minimum Gasteiger partial charge on any atom is -0.394 e. The van der Waals surface area contributed by atoms with Crippen molar-refractivity contribution in [2.75, 3.05) is 13.2 Å². The molecule has 1 heterocycles. The molecule has 8 heteroatoms. The van der Waals surface area contributed by atoms with E-state index in [1.54, 1.807) is 12.1 Å². The summed E-state index contributed by atoms with van der Waals surface area (Å²) in [6.07, 6.45) is 6.71. The van der Waals surface area contributed by atoms with Crippen LogP contribution in [0.5, 0.6) is 0 Å². The fraction of sp³-hybridized carbons (Fsp3) is 0.682. The fourth-order valence-electron chi connectivity index (χ4n) is 4.41. The topological polar surface area (TPSA) is 105 Å². The van der Waals surface area contributed by atoms with Gasteiger partial charge in [0, 0.05) is 12.5 Å². The summed E-state index contributed by atoms with van der Waals surface area (Å²) in [5.41, 5.74) is 0.717. The normalized spacial score (nSPS) is 25.7. The van der Waals surface area contributed by atoms with Crippen LogP contribution in [-0.2, 0) is 25.3 Å². The molecule has 3 atom stereocenters. The zero-order valence-electron chi connectivity index (χ0n) is 17.5. The Balaban J connectivity index is 1.43. The summed E-state index contributed by atoms with van der Waals surface area (Å²) in [5.74, 6) is 0.175. The van der Waals surface area contributed by atoms with Gasteiger partial charge >= 0.3 is 0 Å². The third-order valence-electron chi connectivity index (χ3n) is 6.07. The maximum Gasteiger partial charge on any atom is 0.223 e.